The number of thiophene rings is 1. The number of carbonyl (C=O) groups is 2. The molecule has 0 aliphatic carbocycles. The summed E-state index contributed by atoms with van der Waals surface area (Å²) in [6, 6.07) is 2.16. The van der Waals surface area contributed by atoms with Crippen molar-refractivity contribution in [1.82, 2.24) is 25.0 Å². The highest BCUT2D eigenvalue weighted by Gasteiger charge is 2.32. The van der Waals surface area contributed by atoms with E-state index in [4.69, 9.17) is 24.3 Å². The van der Waals surface area contributed by atoms with Crippen LogP contribution in [0.4, 0.5) is 0 Å². The van der Waals surface area contributed by atoms with E-state index in [0.29, 0.717) is 23.3 Å². The van der Waals surface area contributed by atoms with Crippen molar-refractivity contribution in [3.8, 4) is 11.5 Å². The van der Waals surface area contributed by atoms with Crippen molar-refractivity contribution in [1.29, 1.82) is 0 Å². The van der Waals surface area contributed by atoms with Crippen LogP contribution < -0.4 is 0 Å². The molecule has 11 heteroatoms. The van der Waals surface area contributed by atoms with Gasteiger partial charge in [0.25, 0.3) is 0 Å². The summed E-state index contributed by atoms with van der Waals surface area (Å²) in [6.45, 7) is 2.90. The van der Waals surface area contributed by atoms with Gasteiger partial charge in [-0.3, -0.25) is 9.88 Å². The average Bonchev–Trinajstić information content (AvgIpc) is 3.31. The molecule has 2 N–H and O–H groups in total. The van der Waals surface area contributed by atoms with Crippen LogP contribution in [0.3, 0.4) is 0 Å². The van der Waals surface area contributed by atoms with E-state index in [-0.39, 0.29) is 0 Å². The molecule has 3 aromatic rings. The van der Waals surface area contributed by atoms with Crippen molar-refractivity contribution in [2.24, 2.45) is 0 Å². The largest absolute Gasteiger partial charge is 0.473 e. The minimum absolute atomic E-state index is 0.321. The Morgan fingerprint density at radius 2 is 2.04 bits per heavy atom. The van der Waals surface area contributed by atoms with Crippen LogP contribution in [0.2, 0.25) is 0 Å². The van der Waals surface area contributed by atoms with Gasteiger partial charge in [-0.1, -0.05) is 5.16 Å². The van der Waals surface area contributed by atoms with Gasteiger partial charge in [-0.05, 0) is 22.4 Å². The fourth-order valence-corrected chi connectivity index (χ4v) is 3.08. The summed E-state index contributed by atoms with van der Waals surface area (Å²) < 4.78 is 5.35. The molecule has 4 heterocycles. The third-order valence-corrected chi connectivity index (χ3v) is 4.44. The number of likely N-dealkylation sites (tertiary alicyclic amines) is 1. The molecule has 0 saturated carbocycles. The second-order valence-electron chi connectivity index (χ2n) is 5.68. The summed E-state index contributed by atoms with van der Waals surface area (Å²) in [6.07, 6.45) is 4.88. The molecule has 1 aliphatic rings. The monoisotopic (exact) mass is 389 g/mol. The van der Waals surface area contributed by atoms with Crippen molar-refractivity contribution in [3.05, 3.63) is 46.9 Å². The Labute approximate surface area is 157 Å². The molecule has 0 radical (unpaired) electrons. The van der Waals surface area contributed by atoms with E-state index in [0.717, 1.165) is 19.6 Å². The number of carboxylic acids is 2. The first-order valence-electron chi connectivity index (χ1n) is 7.82. The summed E-state index contributed by atoms with van der Waals surface area (Å²) in [5, 5.41) is 23.1. The smallest absolute Gasteiger partial charge is 0.414 e. The predicted octanol–water partition coefficient (Wildman–Crippen LogP) is 1.34. The van der Waals surface area contributed by atoms with E-state index in [9.17, 15) is 0 Å². The number of carboxylic acid groups (broad SMARTS) is 2. The first-order valence-corrected chi connectivity index (χ1v) is 8.77. The molecule has 4 rings (SSSR count). The number of hydrogen-bond donors (Lipinski definition) is 2. The van der Waals surface area contributed by atoms with Gasteiger partial charge in [0.1, 0.15) is 5.69 Å². The van der Waals surface area contributed by atoms with Crippen LogP contribution in [0.5, 0.6) is 0 Å². The minimum atomic E-state index is -1.82. The minimum Gasteiger partial charge on any atom is -0.473 e. The normalized spacial score (nSPS) is 14.1. The lowest BCUT2D eigenvalue weighted by molar-refractivity contribution is -0.159. The maximum absolute atomic E-state index is 9.10. The Balaban J connectivity index is 0.000000307. The van der Waals surface area contributed by atoms with Crippen molar-refractivity contribution in [2.75, 3.05) is 13.1 Å². The fraction of sp³-hybridized carbons (Fsp3) is 0.250. The third-order valence-electron chi connectivity index (χ3n) is 3.71. The molecule has 0 bridgehead atoms. The summed E-state index contributed by atoms with van der Waals surface area (Å²) in [4.78, 5) is 33.2. The Kier molecular flexibility index (Phi) is 5.84. The maximum Gasteiger partial charge on any atom is 0.414 e. The van der Waals surface area contributed by atoms with Gasteiger partial charge in [0.2, 0.25) is 11.7 Å². The maximum atomic E-state index is 9.10. The van der Waals surface area contributed by atoms with Gasteiger partial charge in [0.05, 0.1) is 12.1 Å². The number of rotatable bonds is 4. The summed E-state index contributed by atoms with van der Waals surface area (Å²) in [5.74, 6) is -2.13. The van der Waals surface area contributed by atoms with E-state index in [1.165, 1.54) is 5.56 Å². The van der Waals surface area contributed by atoms with Crippen LogP contribution in [0, 0.1) is 0 Å². The van der Waals surface area contributed by atoms with Gasteiger partial charge in [0.15, 0.2) is 0 Å². The number of nitrogens with zero attached hydrogens (tertiary/aromatic N) is 5. The number of hydrogen-bond acceptors (Lipinski definition) is 9. The highest BCUT2D eigenvalue weighted by Crippen LogP contribution is 2.28. The van der Waals surface area contributed by atoms with E-state index >= 15 is 0 Å². The Morgan fingerprint density at radius 1 is 1.26 bits per heavy atom. The lowest BCUT2D eigenvalue weighted by Gasteiger charge is -2.36. The fourth-order valence-electron chi connectivity index (χ4n) is 2.42. The Bertz CT molecular complexity index is 881. The van der Waals surface area contributed by atoms with E-state index < -0.39 is 11.9 Å². The molecule has 1 fully saturated rings. The van der Waals surface area contributed by atoms with Crippen LogP contribution in [0.15, 0.2) is 39.9 Å². The molecule has 0 aromatic carbocycles. The Hall–Kier alpha value is -3.18. The molecule has 1 saturated heterocycles. The first-order chi connectivity index (χ1) is 13.0. The van der Waals surface area contributed by atoms with E-state index in [1.807, 2.05) is 0 Å². The van der Waals surface area contributed by atoms with Crippen molar-refractivity contribution in [2.45, 2.75) is 12.5 Å². The van der Waals surface area contributed by atoms with Gasteiger partial charge in [-0.25, -0.2) is 14.6 Å². The van der Waals surface area contributed by atoms with Crippen LogP contribution in [-0.2, 0) is 16.1 Å². The van der Waals surface area contributed by atoms with Gasteiger partial charge >= 0.3 is 11.9 Å². The summed E-state index contributed by atoms with van der Waals surface area (Å²) in [5.41, 5.74) is 2.01. The SMILES string of the molecule is O=C(O)C(=O)O.c1cnc(-c2noc(C3CN(Cc4ccsc4)C3)n2)cn1. The molecular weight excluding hydrogens is 374 g/mol. The third kappa shape index (κ3) is 4.92. The Morgan fingerprint density at radius 3 is 2.63 bits per heavy atom. The van der Waals surface area contributed by atoms with Crippen LogP contribution >= 0.6 is 11.3 Å². The average molecular weight is 389 g/mol. The summed E-state index contributed by atoms with van der Waals surface area (Å²) in [7, 11) is 0. The van der Waals surface area contributed by atoms with Gasteiger partial charge in [-0.15, -0.1) is 0 Å². The molecule has 0 amide bonds. The molecule has 1 aliphatic heterocycles. The predicted molar refractivity (Wildman–Crippen MR) is 92.9 cm³/mol. The zero-order chi connectivity index (χ0) is 19.2. The zero-order valence-corrected chi connectivity index (χ0v) is 14.7. The molecule has 27 heavy (non-hydrogen) atoms. The molecule has 3 aromatic heterocycles. The molecule has 140 valence electrons. The highest BCUT2D eigenvalue weighted by molar-refractivity contribution is 7.07. The number of aromatic nitrogens is 4. The second kappa shape index (κ2) is 8.47. The summed E-state index contributed by atoms with van der Waals surface area (Å²) >= 11 is 1.73. The topological polar surface area (TPSA) is 143 Å². The van der Waals surface area contributed by atoms with Crippen LogP contribution in [-0.4, -0.2) is 60.2 Å². The van der Waals surface area contributed by atoms with E-state index in [1.54, 1.807) is 29.9 Å². The van der Waals surface area contributed by atoms with Gasteiger partial charge in [-0.2, -0.15) is 16.3 Å². The van der Waals surface area contributed by atoms with Crippen LogP contribution in [0.25, 0.3) is 11.5 Å². The molecular formula is C16H15N5O5S. The molecule has 10 nitrogen and oxygen atoms in total. The lowest BCUT2D eigenvalue weighted by Crippen LogP contribution is -2.44. The molecule has 0 atom stereocenters. The first kappa shape index (κ1) is 18.6. The zero-order valence-electron chi connectivity index (χ0n) is 13.9. The quantitative estimate of drug-likeness (QED) is 0.627. The molecule has 0 spiro atoms. The van der Waals surface area contributed by atoms with Gasteiger partial charge in [0, 0.05) is 32.0 Å². The standard InChI is InChI=1S/C14H13N5OS.C2H2O4/c1-4-21-9-10(1)6-19-7-11(8-19)14-17-13(18-20-14)12-5-15-2-3-16-12;3-1(4)2(5)6/h1-5,9,11H,6-8H2;(H,3,4)(H,5,6). The van der Waals surface area contributed by atoms with Crippen molar-refractivity contribution in [3.63, 3.8) is 0 Å². The lowest BCUT2D eigenvalue weighted by atomic mass is 10.00. The highest BCUT2D eigenvalue weighted by atomic mass is 32.1. The number of aliphatic carboxylic acids is 2. The van der Waals surface area contributed by atoms with Crippen LogP contribution in [0.1, 0.15) is 17.4 Å². The molecule has 0 unspecified atom stereocenters. The second-order valence-corrected chi connectivity index (χ2v) is 6.46. The van der Waals surface area contributed by atoms with Crippen molar-refractivity contribution < 1.29 is 24.3 Å². The van der Waals surface area contributed by atoms with E-state index in [2.05, 4.69) is 41.8 Å². The van der Waals surface area contributed by atoms with Gasteiger partial charge < -0.3 is 14.7 Å². The van der Waals surface area contributed by atoms with Crippen molar-refractivity contribution >= 4 is 23.3 Å².